The average Bonchev–Trinajstić information content (AvgIpc) is 3.16. The fourth-order valence-corrected chi connectivity index (χ4v) is 2.50. The van der Waals surface area contributed by atoms with Gasteiger partial charge in [0.05, 0.1) is 6.26 Å². The summed E-state index contributed by atoms with van der Waals surface area (Å²) in [6.07, 6.45) is 1.51. The third-order valence-corrected chi connectivity index (χ3v) is 3.60. The number of carboxylic acids is 1. The van der Waals surface area contributed by atoms with E-state index in [1.807, 2.05) is 6.92 Å². The van der Waals surface area contributed by atoms with Crippen molar-refractivity contribution >= 4 is 17.3 Å². The molecule has 0 saturated carbocycles. The minimum Gasteiger partial charge on any atom is -0.482 e. The van der Waals surface area contributed by atoms with Crippen LogP contribution in [-0.2, 0) is 6.61 Å². The van der Waals surface area contributed by atoms with Crippen molar-refractivity contribution in [3.05, 3.63) is 40.1 Å². The van der Waals surface area contributed by atoms with Gasteiger partial charge in [-0.1, -0.05) is 5.16 Å². The van der Waals surface area contributed by atoms with Crippen molar-refractivity contribution in [1.29, 1.82) is 0 Å². The number of hydrogen-bond acceptors (Lipinski definition) is 7. The molecule has 3 rings (SSSR count). The molecule has 1 N–H and O–H groups in total. The number of aryl methyl sites for hydroxylation is 1. The first-order chi connectivity index (χ1) is 10.1. The molecule has 108 valence electrons. The molecule has 0 aromatic carbocycles. The van der Waals surface area contributed by atoms with E-state index in [9.17, 15) is 4.79 Å². The Morgan fingerprint density at radius 1 is 1.52 bits per heavy atom. The molecule has 0 amide bonds. The van der Waals surface area contributed by atoms with E-state index in [-0.39, 0.29) is 17.4 Å². The lowest BCUT2D eigenvalue weighted by Crippen LogP contribution is -2.00. The second-order valence-electron chi connectivity index (χ2n) is 4.13. The van der Waals surface area contributed by atoms with Gasteiger partial charge in [0.15, 0.2) is 17.2 Å². The third-order valence-electron chi connectivity index (χ3n) is 2.58. The summed E-state index contributed by atoms with van der Waals surface area (Å²) in [5.74, 6) is 0.315. The highest BCUT2D eigenvalue weighted by molar-refractivity contribution is 7.14. The molecule has 0 unspecified atom stereocenters. The summed E-state index contributed by atoms with van der Waals surface area (Å²) in [5.41, 5.74) is 0. The van der Waals surface area contributed by atoms with E-state index in [1.165, 1.54) is 6.26 Å². The molecule has 0 fully saturated rings. The number of rotatable bonds is 5. The first-order valence-corrected chi connectivity index (χ1v) is 6.78. The maximum absolute atomic E-state index is 11.1. The van der Waals surface area contributed by atoms with Gasteiger partial charge in [0.25, 0.3) is 5.89 Å². The van der Waals surface area contributed by atoms with Crippen LogP contribution in [-0.4, -0.2) is 21.2 Å². The van der Waals surface area contributed by atoms with E-state index in [0.29, 0.717) is 17.3 Å². The van der Waals surface area contributed by atoms with Crippen LogP contribution in [0.4, 0.5) is 0 Å². The summed E-state index contributed by atoms with van der Waals surface area (Å²) in [5, 5.41) is 12.8. The fraction of sp³-hybridized carbons (Fsp3) is 0.154. The van der Waals surface area contributed by atoms with Crippen molar-refractivity contribution in [2.24, 2.45) is 0 Å². The molecule has 0 spiro atoms. The Hall–Kier alpha value is -2.61. The molecule has 0 saturated heterocycles. The van der Waals surface area contributed by atoms with Crippen LogP contribution >= 0.6 is 11.3 Å². The number of nitrogens with zero attached hydrogens (tertiary/aromatic N) is 2. The zero-order valence-electron chi connectivity index (χ0n) is 10.9. The average molecular weight is 306 g/mol. The molecule has 3 aromatic rings. The van der Waals surface area contributed by atoms with Gasteiger partial charge in [-0.15, -0.1) is 11.3 Å². The zero-order chi connectivity index (χ0) is 14.8. The second kappa shape index (κ2) is 5.41. The third kappa shape index (κ3) is 2.79. The molecule has 0 radical (unpaired) electrons. The van der Waals surface area contributed by atoms with Gasteiger partial charge < -0.3 is 18.8 Å². The highest BCUT2D eigenvalue weighted by atomic mass is 32.1. The molecule has 0 aliphatic rings. The smallest absolute Gasteiger partial charge is 0.349 e. The summed E-state index contributed by atoms with van der Waals surface area (Å²) in [6.45, 7) is 1.80. The molecule has 3 aromatic heterocycles. The molecule has 0 atom stereocenters. The summed E-state index contributed by atoms with van der Waals surface area (Å²) in [4.78, 5) is 16.2. The van der Waals surface area contributed by atoms with Crippen LogP contribution in [0.25, 0.3) is 11.6 Å². The summed E-state index contributed by atoms with van der Waals surface area (Å²) >= 11 is 1.15. The Bertz CT molecular complexity index is 759. The maximum Gasteiger partial charge on any atom is 0.349 e. The van der Waals surface area contributed by atoms with Crippen molar-refractivity contribution < 1.29 is 23.6 Å². The molecular formula is C13H10N2O5S. The van der Waals surface area contributed by atoms with Crippen molar-refractivity contribution in [2.75, 3.05) is 0 Å². The lowest BCUT2D eigenvalue weighted by Gasteiger charge is -2.00. The molecule has 0 aliphatic carbocycles. The van der Waals surface area contributed by atoms with Crippen LogP contribution in [0.1, 0.15) is 20.4 Å². The standard InChI is InChI=1S/C13H10N2O5S/c1-7-5-9(11(21-7)13(16)17)19-6-10-14-12(15-20-10)8-3-2-4-18-8/h2-5H,6H2,1H3,(H,16,17). The predicted molar refractivity (Wildman–Crippen MR) is 72.3 cm³/mol. The number of aromatic nitrogens is 2. The quantitative estimate of drug-likeness (QED) is 0.773. The van der Waals surface area contributed by atoms with Gasteiger partial charge in [0, 0.05) is 4.88 Å². The van der Waals surface area contributed by atoms with E-state index in [4.69, 9.17) is 18.8 Å². The molecule has 8 heteroatoms. The topological polar surface area (TPSA) is 98.6 Å². The van der Waals surface area contributed by atoms with Crippen LogP contribution in [0, 0.1) is 6.92 Å². The Labute approximate surface area is 122 Å². The first kappa shape index (κ1) is 13.4. The van der Waals surface area contributed by atoms with Crippen molar-refractivity contribution in [3.8, 4) is 17.3 Å². The molecule has 0 bridgehead atoms. The molecule has 3 heterocycles. The van der Waals surface area contributed by atoms with Crippen molar-refractivity contribution in [3.63, 3.8) is 0 Å². The van der Waals surface area contributed by atoms with Gasteiger partial charge in [-0.05, 0) is 25.1 Å². The van der Waals surface area contributed by atoms with E-state index in [1.54, 1.807) is 18.2 Å². The molecule has 21 heavy (non-hydrogen) atoms. The summed E-state index contributed by atoms with van der Waals surface area (Å²) in [7, 11) is 0. The lowest BCUT2D eigenvalue weighted by molar-refractivity contribution is 0.0697. The first-order valence-electron chi connectivity index (χ1n) is 5.96. The predicted octanol–water partition coefficient (Wildman–Crippen LogP) is 2.98. The van der Waals surface area contributed by atoms with Crippen LogP contribution in [0.5, 0.6) is 5.75 Å². The Morgan fingerprint density at radius 3 is 3.10 bits per heavy atom. The normalized spacial score (nSPS) is 10.7. The van der Waals surface area contributed by atoms with Crippen LogP contribution < -0.4 is 4.74 Å². The lowest BCUT2D eigenvalue weighted by atomic mass is 10.4. The monoisotopic (exact) mass is 306 g/mol. The van der Waals surface area contributed by atoms with E-state index >= 15 is 0 Å². The van der Waals surface area contributed by atoms with Gasteiger partial charge in [-0.2, -0.15) is 4.98 Å². The van der Waals surface area contributed by atoms with Crippen LogP contribution in [0.2, 0.25) is 0 Å². The number of ether oxygens (including phenoxy) is 1. The SMILES string of the molecule is Cc1cc(OCc2nc(-c3ccco3)no2)c(C(=O)O)s1. The van der Waals surface area contributed by atoms with Crippen LogP contribution in [0.15, 0.2) is 33.4 Å². The highest BCUT2D eigenvalue weighted by Gasteiger charge is 2.17. The van der Waals surface area contributed by atoms with Crippen molar-refractivity contribution in [2.45, 2.75) is 13.5 Å². The minimum absolute atomic E-state index is 0.00976. The largest absolute Gasteiger partial charge is 0.482 e. The number of furan rings is 1. The number of carbonyl (C=O) groups is 1. The van der Waals surface area contributed by atoms with E-state index in [0.717, 1.165) is 16.2 Å². The van der Waals surface area contributed by atoms with Gasteiger partial charge in [0.1, 0.15) is 5.75 Å². The minimum atomic E-state index is -1.02. The van der Waals surface area contributed by atoms with Crippen molar-refractivity contribution in [1.82, 2.24) is 10.1 Å². The maximum atomic E-state index is 11.1. The zero-order valence-corrected chi connectivity index (χ0v) is 11.7. The van der Waals surface area contributed by atoms with E-state index < -0.39 is 5.97 Å². The van der Waals surface area contributed by atoms with Gasteiger partial charge >= 0.3 is 5.97 Å². The summed E-state index contributed by atoms with van der Waals surface area (Å²) in [6, 6.07) is 5.09. The molecule has 0 aliphatic heterocycles. The van der Waals surface area contributed by atoms with Gasteiger partial charge in [-0.3, -0.25) is 0 Å². The summed E-state index contributed by atoms with van der Waals surface area (Å²) < 4.78 is 15.6. The number of hydrogen-bond donors (Lipinski definition) is 1. The van der Waals surface area contributed by atoms with Gasteiger partial charge in [0.2, 0.25) is 5.82 Å². The highest BCUT2D eigenvalue weighted by Crippen LogP contribution is 2.29. The second-order valence-corrected chi connectivity index (χ2v) is 5.39. The van der Waals surface area contributed by atoms with Gasteiger partial charge in [-0.25, -0.2) is 4.79 Å². The van der Waals surface area contributed by atoms with E-state index in [2.05, 4.69) is 10.1 Å². The Balaban J connectivity index is 1.72. The molecular weight excluding hydrogens is 296 g/mol. The Morgan fingerprint density at radius 2 is 2.38 bits per heavy atom. The number of aromatic carboxylic acids is 1. The van der Waals surface area contributed by atoms with Crippen LogP contribution in [0.3, 0.4) is 0 Å². The Kier molecular flexibility index (Phi) is 3.44. The number of carboxylic acid groups (broad SMARTS) is 1. The molecule has 7 nitrogen and oxygen atoms in total. The fourth-order valence-electron chi connectivity index (χ4n) is 1.71. The number of thiophene rings is 1.